The van der Waals surface area contributed by atoms with E-state index in [4.69, 9.17) is 4.74 Å². The summed E-state index contributed by atoms with van der Waals surface area (Å²) in [4.78, 5) is 29.6. The van der Waals surface area contributed by atoms with Crippen LogP contribution in [0.2, 0.25) is 0 Å². The predicted octanol–water partition coefficient (Wildman–Crippen LogP) is 6.80. The first-order chi connectivity index (χ1) is 22.0. The highest BCUT2D eigenvalue weighted by molar-refractivity contribution is 6.02. The summed E-state index contributed by atoms with van der Waals surface area (Å²) in [6.07, 6.45) is 23.8. The van der Waals surface area contributed by atoms with Gasteiger partial charge < -0.3 is 30.2 Å². The summed E-state index contributed by atoms with van der Waals surface area (Å²) in [6, 6.07) is 1.20. The lowest BCUT2D eigenvalue weighted by atomic mass is 10.0. The van der Waals surface area contributed by atoms with Crippen LogP contribution in [0.3, 0.4) is 0 Å². The molecule has 2 aliphatic heterocycles. The molecule has 238 valence electrons. The number of hydrogen-bond acceptors (Lipinski definition) is 6. The first kappa shape index (κ1) is 31.9. The number of nitrogens with one attached hydrogen (secondary N) is 3. The zero-order valence-electron chi connectivity index (χ0n) is 26.7. The lowest BCUT2D eigenvalue weighted by molar-refractivity contribution is 0.0931. The Bertz CT molecular complexity index is 1670. The van der Waals surface area contributed by atoms with Gasteiger partial charge in [-0.1, -0.05) is 70.9 Å². The van der Waals surface area contributed by atoms with E-state index < -0.39 is 17.2 Å². The fraction of sp³-hybridized carbons (Fsp3) is 0.389. The molecular formula is C36H44FN5O3. The second-order valence-corrected chi connectivity index (χ2v) is 11.4. The van der Waals surface area contributed by atoms with Crippen LogP contribution < -0.4 is 26.1 Å². The summed E-state index contributed by atoms with van der Waals surface area (Å²) in [5.41, 5.74) is 1.77. The first-order valence-electron chi connectivity index (χ1n) is 16.3. The van der Waals surface area contributed by atoms with Gasteiger partial charge in [-0.2, -0.15) is 0 Å². The zero-order valence-corrected chi connectivity index (χ0v) is 26.7. The molecule has 1 aromatic carbocycles. The summed E-state index contributed by atoms with van der Waals surface area (Å²) in [6.45, 7) is 10.2. The maximum Gasteiger partial charge on any atom is 0.257 e. The molecule has 1 amide bonds. The number of hydrogen-bond donors (Lipinski definition) is 3. The van der Waals surface area contributed by atoms with Crippen LogP contribution in [0.4, 0.5) is 10.1 Å². The second kappa shape index (κ2) is 14.5. The van der Waals surface area contributed by atoms with Gasteiger partial charge in [-0.05, 0) is 43.1 Å². The van der Waals surface area contributed by atoms with E-state index in [0.29, 0.717) is 23.5 Å². The van der Waals surface area contributed by atoms with Gasteiger partial charge in [-0.3, -0.25) is 9.59 Å². The molecule has 2 aromatic rings. The highest BCUT2D eigenvalue weighted by Crippen LogP contribution is 2.44. The molecule has 0 saturated carbocycles. The molecule has 0 fully saturated rings. The Hall–Kier alpha value is -4.53. The number of nitrogens with zero attached hydrogens (tertiary/aromatic N) is 2. The highest BCUT2D eigenvalue weighted by atomic mass is 19.1. The Morgan fingerprint density at radius 2 is 1.98 bits per heavy atom. The molecule has 0 spiro atoms. The van der Waals surface area contributed by atoms with Gasteiger partial charge in [-0.25, -0.2) is 4.39 Å². The number of allylic oxidation sites excluding steroid dienone is 9. The average Bonchev–Trinajstić information content (AvgIpc) is 3.37. The third-order valence-corrected chi connectivity index (χ3v) is 8.16. The molecule has 6 rings (SSSR count). The van der Waals surface area contributed by atoms with E-state index in [2.05, 4.69) is 46.8 Å². The molecule has 1 unspecified atom stereocenters. The maximum atomic E-state index is 15.9. The first-order valence-corrected chi connectivity index (χ1v) is 16.3. The Morgan fingerprint density at radius 3 is 2.71 bits per heavy atom. The molecule has 2 bridgehead atoms. The normalized spacial score (nSPS) is 17.2. The van der Waals surface area contributed by atoms with E-state index in [-0.39, 0.29) is 34.3 Å². The summed E-state index contributed by atoms with van der Waals surface area (Å²) < 4.78 is 24.2. The molecule has 45 heavy (non-hydrogen) atoms. The molecule has 8 nitrogen and oxygen atoms in total. The van der Waals surface area contributed by atoms with Crippen LogP contribution in [0.5, 0.6) is 5.75 Å². The number of carbonyl (C=O) groups is 1. The van der Waals surface area contributed by atoms with Gasteiger partial charge in [0, 0.05) is 43.6 Å². The molecule has 4 aliphatic rings. The largest absolute Gasteiger partial charge is 0.451 e. The van der Waals surface area contributed by atoms with Gasteiger partial charge in [0.25, 0.3) is 5.91 Å². The standard InChI is InChI=1S/C34H38FN5O3.C2H6/c1-3-8-24(9-4-2)38-34(42)26-20-40-28-17-22-10-5-6-11-23(16-22)18-29(28)43-33-30(27(35)19-25(31(33)40)32(26)41)37-12-7-14-39-15-13-36-21-39;1-2/h5-6,10-11,13,15-20,22,24,36-37H,3-4,7-9,12,14,21H2,1-2H3,(H,38,42);1-2H3. The minimum Gasteiger partial charge on any atom is -0.451 e. The number of ether oxygens (including phenoxy) is 1. The number of halogens is 1. The van der Waals surface area contributed by atoms with Gasteiger partial charge >= 0.3 is 0 Å². The van der Waals surface area contributed by atoms with Crippen molar-refractivity contribution >= 4 is 28.2 Å². The van der Waals surface area contributed by atoms with Crippen LogP contribution in [0.1, 0.15) is 70.2 Å². The minimum atomic E-state index is -0.597. The van der Waals surface area contributed by atoms with Gasteiger partial charge in [0.15, 0.2) is 17.3 Å². The summed E-state index contributed by atoms with van der Waals surface area (Å²) >= 11 is 0. The Kier molecular flexibility index (Phi) is 10.3. The van der Waals surface area contributed by atoms with Crippen LogP contribution in [0.25, 0.3) is 16.6 Å². The molecule has 1 aromatic heterocycles. The van der Waals surface area contributed by atoms with E-state index >= 15 is 4.39 Å². The van der Waals surface area contributed by atoms with E-state index in [1.54, 1.807) is 6.20 Å². The number of fused-ring (bicyclic) bond motifs is 3. The number of carbonyl (C=O) groups excluding carboxylic acids is 1. The fourth-order valence-corrected chi connectivity index (χ4v) is 6.09. The van der Waals surface area contributed by atoms with Crippen LogP contribution >= 0.6 is 0 Å². The molecule has 1 atom stereocenters. The third-order valence-electron chi connectivity index (χ3n) is 8.16. The van der Waals surface area contributed by atoms with Crippen LogP contribution in [0.15, 0.2) is 83.3 Å². The molecule has 3 N–H and O–H groups in total. The summed E-state index contributed by atoms with van der Waals surface area (Å²) in [7, 11) is 0. The van der Waals surface area contributed by atoms with Crippen LogP contribution in [-0.4, -0.2) is 41.2 Å². The number of rotatable bonds is 11. The van der Waals surface area contributed by atoms with Crippen molar-refractivity contribution in [2.45, 2.75) is 65.8 Å². The van der Waals surface area contributed by atoms with Crippen molar-refractivity contribution in [1.29, 1.82) is 0 Å². The van der Waals surface area contributed by atoms with Gasteiger partial charge in [0.05, 0.1) is 17.8 Å². The van der Waals surface area contributed by atoms with Crippen molar-refractivity contribution in [1.82, 2.24) is 20.1 Å². The maximum absolute atomic E-state index is 15.9. The van der Waals surface area contributed by atoms with Crippen LogP contribution in [-0.2, 0) is 0 Å². The lowest BCUT2D eigenvalue weighted by Gasteiger charge is -2.28. The Balaban J connectivity index is 0.00000196. The molecular weight excluding hydrogens is 569 g/mol. The summed E-state index contributed by atoms with van der Waals surface area (Å²) in [5, 5.41) is 9.56. The van der Waals surface area contributed by atoms with Crippen molar-refractivity contribution < 1.29 is 13.9 Å². The Labute approximate surface area is 264 Å². The van der Waals surface area contributed by atoms with E-state index in [1.807, 2.05) is 61.2 Å². The van der Waals surface area contributed by atoms with Crippen molar-refractivity contribution in [3.05, 3.63) is 100 Å². The second-order valence-electron chi connectivity index (χ2n) is 11.4. The summed E-state index contributed by atoms with van der Waals surface area (Å²) in [5.74, 6) is -0.303. The number of amides is 1. The van der Waals surface area contributed by atoms with Gasteiger partial charge in [0.1, 0.15) is 16.8 Å². The van der Waals surface area contributed by atoms with Crippen molar-refractivity contribution in [3.8, 4) is 5.75 Å². The highest BCUT2D eigenvalue weighted by Gasteiger charge is 2.31. The smallest absolute Gasteiger partial charge is 0.257 e. The van der Waals surface area contributed by atoms with E-state index in [9.17, 15) is 9.59 Å². The topological polar surface area (TPSA) is 87.6 Å². The zero-order chi connectivity index (χ0) is 31.9. The van der Waals surface area contributed by atoms with Crippen LogP contribution in [0, 0.1) is 11.7 Å². The van der Waals surface area contributed by atoms with Crippen molar-refractivity contribution in [2.75, 3.05) is 25.1 Å². The molecule has 2 aliphatic carbocycles. The number of benzene rings is 1. The predicted molar refractivity (Wildman–Crippen MR) is 180 cm³/mol. The van der Waals surface area contributed by atoms with E-state index in [0.717, 1.165) is 50.9 Å². The molecule has 3 heterocycles. The van der Waals surface area contributed by atoms with Gasteiger partial charge in [-0.15, -0.1) is 0 Å². The van der Waals surface area contributed by atoms with Gasteiger partial charge in [0.2, 0.25) is 5.43 Å². The average molecular weight is 614 g/mol. The van der Waals surface area contributed by atoms with Crippen molar-refractivity contribution in [3.63, 3.8) is 0 Å². The quantitative estimate of drug-likeness (QED) is 0.242. The third kappa shape index (κ3) is 6.77. The SMILES string of the molecule is CC.CCCC(CCC)NC(=O)c1cn2c3c(c(NCCCN4C=CNC4)c(F)cc3c1=O)OC1=CC3=CC(C=CC=C3)C=C12. The van der Waals surface area contributed by atoms with Crippen molar-refractivity contribution in [2.24, 2.45) is 5.92 Å². The molecule has 9 heteroatoms. The number of aromatic nitrogens is 1. The lowest BCUT2D eigenvalue weighted by Crippen LogP contribution is -2.38. The molecule has 0 saturated heterocycles. The minimum absolute atomic E-state index is 0.0123. The molecule has 0 radical (unpaired) electrons. The Morgan fingerprint density at radius 1 is 1.18 bits per heavy atom. The number of anilines is 1. The number of pyridine rings is 1. The monoisotopic (exact) mass is 613 g/mol. The van der Waals surface area contributed by atoms with E-state index in [1.165, 1.54) is 6.07 Å². The fourth-order valence-electron chi connectivity index (χ4n) is 6.09.